The molecule has 1 saturated heterocycles. The second-order valence-electron chi connectivity index (χ2n) is 5.72. The van der Waals surface area contributed by atoms with Crippen LogP contribution >= 0.6 is 11.8 Å². The summed E-state index contributed by atoms with van der Waals surface area (Å²) in [4.78, 5) is 12.3. The van der Waals surface area contributed by atoms with E-state index in [9.17, 15) is 13.2 Å². The number of carbonyl (C=O) groups excluding carboxylic acids is 1. The van der Waals surface area contributed by atoms with Crippen molar-refractivity contribution in [1.82, 2.24) is 4.31 Å². The Balaban J connectivity index is 2.09. The lowest BCUT2D eigenvalue weighted by molar-refractivity contribution is -0.115. The van der Waals surface area contributed by atoms with Crippen molar-refractivity contribution in [2.24, 2.45) is 0 Å². The lowest BCUT2D eigenvalue weighted by atomic mass is 10.2. The molecule has 0 bridgehead atoms. The van der Waals surface area contributed by atoms with Gasteiger partial charge in [-0.3, -0.25) is 4.79 Å². The maximum absolute atomic E-state index is 12.7. The molecular formula is C16H24N2O4S2. The topological polar surface area (TPSA) is 86.7 Å². The zero-order valence-electron chi connectivity index (χ0n) is 13.8. The summed E-state index contributed by atoms with van der Waals surface area (Å²) in [5, 5.41) is 11.2. The minimum absolute atomic E-state index is 0.0197. The first kappa shape index (κ1) is 19.2. The van der Waals surface area contributed by atoms with Gasteiger partial charge in [-0.05, 0) is 38.0 Å². The molecule has 2 rings (SSSR count). The van der Waals surface area contributed by atoms with Gasteiger partial charge in [0.05, 0.1) is 16.8 Å². The Hall–Kier alpha value is -1.09. The van der Waals surface area contributed by atoms with Crippen LogP contribution < -0.4 is 5.32 Å². The van der Waals surface area contributed by atoms with Crippen molar-refractivity contribution in [3.63, 3.8) is 0 Å². The van der Waals surface area contributed by atoms with Gasteiger partial charge in [-0.1, -0.05) is 12.5 Å². The lowest BCUT2D eigenvalue weighted by Gasteiger charge is -2.26. The predicted octanol–water partition coefficient (Wildman–Crippen LogP) is 1.91. The van der Waals surface area contributed by atoms with Crippen LogP contribution in [0.2, 0.25) is 0 Å². The van der Waals surface area contributed by atoms with Crippen molar-refractivity contribution in [3.8, 4) is 0 Å². The van der Waals surface area contributed by atoms with Crippen molar-refractivity contribution in [2.75, 3.05) is 30.8 Å². The molecule has 1 fully saturated rings. The molecule has 0 radical (unpaired) electrons. The van der Waals surface area contributed by atoms with E-state index in [1.54, 1.807) is 25.1 Å². The van der Waals surface area contributed by atoms with Gasteiger partial charge in [0.1, 0.15) is 0 Å². The number of nitrogens with one attached hydrogen (secondary N) is 1. The second-order valence-corrected chi connectivity index (χ2v) is 9.11. The molecule has 0 aromatic heterocycles. The van der Waals surface area contributed by atoms with Crippen molar-refractivity contribution in [1.29, 1.82) is 0 Å². The summed E-state index contributed by atoms with van der Waals surface area (Å²) in [6.45, 7) is 2.87. The van der Waals surface area contributed by atoms with E-state index in [4.69, 9.17) is 5.11 Å². The molecule has 24 heavy (non-hydrogen) atoms. The van der Waals surface area contributed by atoms with E-state index >= 15 is 0 Å². The number of hydrogen-bond acceptors (Lipinski definition) is 5. The number of thioether (sulfide) groups is 1. The summed E-state index contributed by atoms with van der Waals surface area (Å²) in [7, 11) is -3.51. The molecule has 0 aliphatic carbocycles. The van der Waals surface area contributed by atoms with Crippen molar-refractivity contribution in [3.05, 3.63) is 24.3 Å². The van der Waals surface area contributed by atoms with Gasteiger partial charge in [0.25, 0.3) is 0 Å². The SMILES string of the molecule is CC(SCCO)C(=O)Nc1cccc(S(=O)(=O)N2CCCCC2)c1. The van der Waals surface area contributed by atoms with Gasteiger partial charge in [0.15, 0.2) is 0 Å². The monoisotopic (exact) mass is 372 g/mol. The second kappa shape index (κ2) is 8.84. The fraction of sp³-hybridized carbons (Fsp3) is 0.562. The van der Waals surface area contributed by atoms with Crippen LogP contribution in [0.15, 0.2) is 29.2 Å². The first-order valence-corrected chi connectivity index (χ1v) is 10.6. The lowest BCUT2D eigenvalue weighted by Crippen LogP contribution is -2.35. The molecule has 1 unspecified atom stereocenters. The standard InChI is InChI=1S/C16H24N2O4S2/c1-13(23-11-10-19)16(20)17-14-6-5-7-15(12-14)24(21,22)18-8-3-2-4-9-18/h5-7,12-13,19H,2-4,8-11H2,1H3,(H,17,20). The molecule has 1 aliphatic rings. The van der Waals surface area contributed by atoms with E-state index in [0.29, 0.717) is 24.5 Å². The van der Waals surface area contributed by atoms with E-state index in [2.05, 4.69) is 5.32 Å². The first-order valence-electron chi connectivity index (χ1n) is 8.08. The van der Waals surface area contributed by atoms with E-state index in [1.165, 1.54) is 22.1 Å². The maximum Gasteiger partial charge on any atom is 0.243 e. The highest BCUT2D eigenvalue weighted by molar-refractivity contribution is 8.00. The summed E-state index contributed by atoms with van der Waals surface area (Å²) < 4.78 is 26.9. The molecule has 134 valence electrons. The Morgan fingerprint density at radius 2 is 2.04 bits per heavy atom. The van der Waals surface area contributed by atoms with E-state index in [0.717, 1.165) is 19.3 Å². The van der Waals surface area contributed by atoms with Gasteiger partial charge in [-0.2, -0.15) is 4.31 Å². The number of amides is 1. The van der Waals surface area contributed by atoms with E-state index < -0.39 is 10.0 Å². The average Bonchev–Trinajstić information content (AvgIpc) is 2.60. The molecule has 1 aliphatic heterocycles. The van der Waals surface area contributed by atoms with Gasteiger partial charge in [0.2, 0.25) is 15.9 Å². The van der Waals surface area contributed by atoms with E-state index in [-0.39, 0.29) is 22.7 Å². The number of hydrogen-bond donors (Lipinski definition) is 2. The number of benzene rings is 1. The van der Waals surface area contributed by atoms with Crippen LogP contribution in [0.3, 0.4) is 0 Å². The molecule has 1 heterocycles. The Bertz CT molecular complexity index is 658. The molecule has 1 amide bonds. The smallest absolute Gasteiger partial charge is 0.243 e. The molecule has 1 aromatic carbocycles. The normalized spacial score (nSPS) is 17.4. The first-order chi connectivity index (χ1) is 11.4. The summed E-state index contributed by atoms with van der Waals surface area (Å²) >= 11 is 1.35. The number of carbonyl (C=O) groups is 1. The zero-order chi connectivity index (χ0) is 17.6. The average molecular weight is 373 g/mol. The number of nitrogens with zero attached hydrogens (tertiary/aromatic N) is 1. The Morgan fingerprint density at radius 3 is 2.71 bits per heavy atom. The van der Waals surface area contributed by atoms with Crippen LogP contribution in [0.4, 0.5) is 5.69 Å². The third-order valence-electron chi connectivity index (χ3n) is 3.88. The highest BCUT2D eigenvalue weighted by atomic mass is 32.2. The van der Waals surface area contributed by atoms with Gasteiger partial charge in [0, 0.05) is 24.5 Å². The molecular weight excluding hydrogens is 348 g/mol. The summed E-state index contributed by atoms with van der Waals surface area (Å²) in [6, 6.07) is 6.38. The van der Waals surface area contributed by atoms with Crippen LogP contribution in [-0.4, -0.2) is 54.4 Å². The molecule has 1 aromatic rings. The van der Waals surface area contributed by atoms with Crippen LogP contribution in [0.5, 0.6) is 0 Å². The number of anilines is 1. The number of sulfonamides is 1. The third kappa shape index (κ3) is 4.95. The quantitative estimate of drug-likeness (QED) is 0.763. The summed E-state index contributed by atoms with van der Waals surface area (Å²) in [5.74, 6) is 0.277. The Labute approximate surface area is 147 Å². The van der Waals surface area contributed by atoms with Gasteiger partial charge in [-0.15, -0.1) is 11.8 Å². The minimum atomic E-state index is -3.51. The van der Waals surface area contributed by atoms with Gasteiger partial charge in [-0.25, -0.2) is 8.42 Å². The molecule has 0 saturated carbocycles. The van der Waals surface area contributed by atoms with Crippen LogP contribution in [0.25, 0.3) is 0 Å². The fourth-order valence-corrected chi connectivity index (χ4v) is 4.77. The predicted molar refractivity (Wildman–Crippen MR) is 96.7 cm³/mol. The molecule has 1 atom stereocenters. The fourth-order valence-electron chi connectivity index (χ4n) is 2.54. The number of rotatable bonds is 7. The number of aliphatic hydroxyl groups excluding tert-OH is 1. The summed E-state index contributed by atoms with van der Waals surface area (Å²) in [6.07, 6.45) is 2.83. The Kier molecular flexibility index (Phi) is 7.09. The minimum Gasteiger partial charge on any atom is -0.396 e. The van der Waals surface area contributed by atoms with Crippen LogP contribution in [-0.2, 0) is 14.8 Å². The van der Waals surface area contributed by atoms with Crippen LogP contribution in [0.1, 0.15) is 26.2 Å². The third-order valence-corrected chi connectivity index (χ3v) is 6.91. The van der Waals surface area contributed by atoms with Crippen molar-refractivity contribution in [2.45, 2.75) is 36.3 Å². The zero-order valence-corrected chi connectivity index (χ0v) is 15.4. The molecule has 6 nitrogen and oxygen atoms in total. The Morgan fingerprint density at radius 1 is 1.33 bits per heavy atom. The van der Waals surface area contributed by atoms with Gasteiger partial charge >= 0.3 is 0 Å². The number of aliphatic hydroxyl groups is 1. The van der Waals surface area contributed by atoms with E-state index in [1.807, 2.05) is 0 Å². The molecule has 2 N–H and O–H groups in total. The van der Waals surface area contributed by atoms with Gasteiger partial charge < -0.3 is 10.4 Å². The number of piperidine rings is 1. The highest BCUT2D eigenvalue weighted by Crippen LogP contribution is 2.23. The van der Waals surface area contributed by atoms with Crippen LogP contribution in [0, 0.1) is 0 Å². The largest absolute Gasteiger partial charge is 0.396 e. The van der Waals surface area contributed by atoms with Crippen molar-refractivity contribution < 1.29 is 18.3 Å². The summed E-state index contributed by atoms with van der Waals surface area (Å²) in [5.41, 5.74) is 0.467. The van der Waals surface area contributed by atoms with Crippen molar-refractivity contribution >= 4 is 33.4 Å². The maximum atomic E-state index is 12.7. The highest BCUT2D eigenvalue weighted by Gasteiger charge is 2.26. The molecule has 8 heteroatoms. The molecule has 0 spiro atoms.